The van der Waals surface area contributed by atoms with Crippen molar-refractivity contribution in [1.82, 2.24) is 10.3 Å². The van der Waals surface area contributed by atoms with Crippen molar-refractivity contribution in [3.05, 3.63) is 21.7 Å². The van der Waals surface area contributed by atoms with E-state index in [1.165, 1.54) is 0 Å². The average Bonchev–Trinajstić information content (AvgIpc) is 3.68. The van der Waals surface area contributed by atoms with Gasteiger partial charge < -0.3 is 18.9 Å². The normalized spacial score (nSPS) is 29.8. The zero-order valence-corrected chi connectivity index (χ0v) is 35.2. The molecule has 2 aliphatic heterocycles. The predicted molar refractivity (Wildman–Crippen MR) is 205 cm³/mol. The number of carbonyl (C=O) groups excluding carboxylic acids is 2. The fourth-order valence-corrected chi connectivity index (χ4v) is 14.5. The molecule has 7 nitrogen and oxygen atoms in total. The number of carbonyl (C=O) groups is 2. The maximum atomic E-state index is 14.9. The third kappa shape index (κ3) is 10.2. The lowest BCUT2D eigenvalue weighted by Crippen LogP contribution is -2.53. The van der Waals surface area contributed by atoms with Crippen molar-refractivity contribution in [2.45, 2.75) is 182 Å². The van der Waals surface area contributed by atoms with Gasteiger partial charge in [0.15, 0.2) is 16.6 Å². The summed E-state index contributed by atoms with van der Waals surface area (Å²) in [6.07, 6.45) is 4.90. The summed E-state index contributed by atoms with van der Waals surface area (Å²) >= 11 is 1.62. The Kier molecular flexibility index (Phi) is 15.3. The summed E-state index contributed by atoms with van der Waals surface area (Å²) in [6.45, 7) is 25.8. The molecule has 1 N–H and O–H groups in total. The minimum absolute atomic E-state index is 0.0555. The van der Waals surface area contributed by atoms with Gasteiger partial charge in [0.1, 0.15) is 11.9 Å². The number of ketones is 1. The smallest absolute Gasteiger partial charge is 0.309 e. The highest BCUT2D eigenvalue weighted by Crippen LogP contribution is 2.40. The van der Waals surface area contributed by atoms with Crippen LogP contribution in [0, 0.1) is 24.2 Å². The van der Waals surface area contributed by atoms with Crippen molar-refractivity contribution in [2.75, 3.05) is 0 Å². The van der Waals surface area contributed by atoms with Gasteiger partial charge in [-0.15, -0.1) is 11.3 Å². The quantitative estimate of drug-likeness (QED) is 0.130. The van der Waals surface area contributed by atoms with Crippen LogP contribution < -0.4 is 5.32 Å². The molecule has 0 spiro atoms. The van der Waals surface area contributed by atoms with Gasteiger partial charge in [-0.1, -0.05) is 75.7 Å². The van der Waals surface area contributed by atoms with Crippen molar-refractivity contribution in [3.63, 3.8) is 0 Å². The predicted octanol–water partition coefficient (Wildman–Crippen LogP) is 9.72. The zero-order chi connectivity index (χ0) is 35.9. The van der Waals surface area contributed by atoms with Crippen molar-refractivity contribution < 1.29 is 23.2 Å². The van der Waals surface area contributed by atoms with E-state index >= 15 is 0 Å². The molecular formula is C38H68N2O5SSi2. The third-order valence-electron chi connectivity index (χ3n) is 12.1. The van der Waals surface area contributed by atoms with Gasteiger partial charge in [0.05, 0.1) is 29.3 Å². The van der Waals surface area contributed by atoms with E-state index in [-0.39, 0.29) is 42.2 Å². The summed E-state index contributed by atoms with van der Waals surface area (Å²) in [6, 6.07) is 6.70. The second-order valence-electron chi connectivity index (χ2n) is 15.4. The Morgan fingerprint density at radius 3 is 2.10 bits per heavy atom. The molecule has 2 fully saturated rings. The first kappa shape index (κ1) is 41.2. The maximum absolute atomic E-state index is 14.9. The van der Waals surface area contributed by atoms with Gasteiger partial charge in [-0.25, -0.2) is 4.98 Å². The topological polar surface area (TPSA) is 96.7 Å². The Morgan fingerprint density at radius 1 is 0.979 bits per heavy atom. The lowest BCUT2D eigenvalue weighted by Gasteiger charge is -2.44. The molecule has 1 aromatic rings. The van der Waals surface area contributed by atoms with Gasteiger partial charge in [0.25, 0.3) is 0 Å². The molecule has 7 atom stereocenters. The molecule has 3 heterocycles. The van der Waals surface area contributed by atoms with Crippen LogP contribution in [-0.2, 0) is 23.2 Å². The van der Waals surface area contributed by atoms with Gasteiger partial charge in [-0.05, 0) is 80.5 Å². The molecule has 0 amide bonds. The van der Waals surface area contributed by atoms with Gasteiger partial charge in [0, 0.05) is 35.2 Å². The number of esters is 1. The van der Waals surface area contributed by atoms with E-state index < -0.39 is 28.2 Å². The van der Waals surface area contributed by atoms with E-state index in [1.807, 2.05) is 33.1 Å². The molecule has 0 bridgehead atoms. The third-order valence-corrected chi connectivity index (χ3v) is 22.2. The van der Waals surface area contributed by atoms with E-state index in [0.29, 0.717) is 12.1 Å². The van der Waals surface area contributed by atoms with Crippen molar-refractivity contribution >= 4 is 45.8 Å². The second-order valence-corrected chi connectivity index (χ2v) is 25.9. The van der Waals surface area contributed by atoms with Crippen LogP contribution in [-0.4, -0.2) is 63.8 Å². The maximum Gasteiger partial charge on any atom is 0.309 e. The summed E-state index contributed by atoms with van der Waals surface area (Å²) in [7, 11) is -4.18. The number of aromatic nitrogens is 1. The number of hydrogen-bond donors (Lipinski definition) is 1. The number of thiazole rings is 1. The lowest BCUT2D eigenvalue weighted by atomic mass is 9.73. The van der Waals surface area contributed by atoms with Crippen LogP contribution in [0.1, 0.15) is 119 Å². The first-order valence-corrected chi connectivity index (χ1v) is 25.0. The first-order valence-electron chi connectivity index (χ1n) is 19.1. The number of nitrogens with zero attached hydrogens (tertiary/aromatic N) is 1. The lowest BCUT2D eigenvalue weighted by molar-refractivity contribution is -0.153. The number of rotatable bonds is 12. The van der Waals surface area contributed by atoms with Crippen LogP contribution in [0.15, 0.2) is 11.0 Å². The average molecular weight is 721 g/mol. The molecule has 48 heavy (non-hydrogen) atoms. The van der Waals surface area contributed by atoms with Crippen molar-refractivity contribution in [2.24, 2.45) is 17.3 Å². The molecule has 0 saturated carbocycles. The molecular weight excluding hydrogens is 653 g/mol. The Bertz CT molecular complexity index is 1210. The van der Waals surface area contributed by atoms with Gasteiger partial charge in [-0.3, -0.25) is 9.59 Å². The highest BCUT2D eigenvalue weighted by molar-refractivity contribution is 7.09. The number of cyclic esters (lactones) is 1. The Balaban J connectivity index is 2.05. The number of fused-ring (bicyclic) bond motifs is 1. The van der Waals surface area contributed by atoms with Gasteiger partial charge in [0.2, 0.25) is 0 Å². The van der Waals surface area contributed by atoms with Crippen LogP contribution >= 0.6 is 11.3 Å². The fourth-order valence-electron chi connectivity index (χ4n) is 7.89. The Morgan fingerprint density at radius 2 is 1.56 bits per heavy atom. The number of Topliss-reactive ketones (excluding diaryl/α,β-unsaturated/α-hetero) is 1. The summed E-state index contributed by atoms with van der Waals surface area (Å²) in [5.74, 6) is -0.224. The van der Waals surface area contributed by atoms with E-state index in [2.05, 4.69) is 71.8 Å². The molecule has 2 aliphatic rings. The van der Waals surface area contributed by atoms with Gasteiger partial charge in [-0.2, -0.15) is 0 Å². The highest BCUT2D eigenvalue weighted by Gasteiger charge is 2.49. The molecule has 2 saturated heterocycles. The number of hydrogen-bond acceptors (Lipinski definition) is 8. The highest BCUT2D eigenvalue weighted by atomic mass is 32.1. The van der Waals surface area contributed by atoms with Crippen LogP contribution in [0.2, 0.25) is 36.3 Å². The molecule has 1 aromatic heterocycles. The van der Waals surface area contributed by atoms with Crippen LogP contribution in [0.5, 0.6) is 0 Å². The van der Waals surface area contributed by atoms with Crippen molar-refractivity contribution in [1.29, 1.82) is 0 Å². The van der Waals surface area contributed by atoms with E-state index in [4.69, 9.17) is 13.6 Å². The molecule has 10 heteroatoms. The minimum atomic E-state index is -2.19. The summed E-state index contributed by atoms with van der Waals surface area (Å²) in [5.41, 5.74) is 0.995. The Hall–Kier alpha value is -1.18. The summed E-state index contributed by atoms with van der Waals surface area (Å²) < 4.78 is 20.7. The van der Waals surface area contributed by atoms with Crippen LogP contribution in [0.4, 0.5) is 0 Å². The number of aryl methyl sites for hydroxylation is 1. The second kappa shape index (κ2) is 17.8. The largest absolute Gasteiger partial charge is 0.458 e. The van der Waals surface area contributed by atoms with Crippen molar-refractivity contribution in [3.8, 4) is 0 Å². The number of ether oxygens (including phenoxy) is 1. The molecule has 0 aromatic carbocycles. The molecule has 0 aliphatic carbocycles. The van der Waals surface area contributed by atoms with Crippen LogP contribution in [0.3, 0.4) is 0 Å². The summed E-state index contributed by atoms with van der Waals surface area (Å²) in [4.78, 5) is 33.5. The first-order chi connectivity index (χ1) is 22.6. The monoisotopic (exact) mass is 720 g/mol. The Labute approximate surface area is 299 Å². The summed E-state index contributed by atoms with van der Waals surface area (Å²) in [5, 5.41) is 6.74. The molecule has 274 valence electrons. The van der Waals surface area contributed by atoms with E-state index in [1.54, 1.807) is 11.3 Å². The van der Waals surface area contributed by atoms with Gasteiger partial charge >= 0.3 is 5.97 Å². The fraction of sp³-hybridized carbons (Fsp3) is 0.816. The van der Waals surface area contributed by atoms with E-state index in [0.717, 1.165) is 78.2 Å². The van der Waals surface area contributed by atoms with E-state index in [9.17, 15) is 9.59 Å². The minimum Gasteiger partial charge on any atom is -0.458 e. The van der Waals surface area contributed by atoms with Crippen LogP contribution in [0.25, 0.3) is 6.08 Å². The zero-order valence-electron chi connectivity index (χ0n) is 32.4. The molecule has 2 unspecified atom stereocenters. The number of nitrogens with one attached hydrogen (secondary N) is 1. The standard InChI is InChI=1S/C38H68N2O5SSi2/c1-13-47(14-2,15-3)44-34-24-35(41)43-33(27(8)22-30-25-46-29(10)39-30)23-32-31(40-32)21-19-20-26(7)36(28(9)37(42)38(34,11)12)45-48(16-4,17-5)18-6/h22,25-26,28,31-34,36,40H,13-21,23-24H2,1-12H3/b27-22+/t26-,28+,31?,32?,33-,34-,36-/m0/s1. The molecule has 3 rings (SSSR count). The molecule has 0 radical (unpaired) electrons. The SMILES string of the molecule is CC[Si](CC)(CC)O[C@H]1[C@@H](C)CCCC2NC2C[C@@H](/C(C)=C/c2csc(C)n2)OC(=O)C[C@H](O[Si](CC)(CC)CC)C(C)(C)C(=O)[C@@H]1C.